The Morgan fingerprint density at radius 1 is 1.25 bits per heavy atom. The molecule has 1 fully saturated rings. The van der Waals surface area contributed by atoms with Crippen molar-refractivity contribution in [1.82, 2.24) is 14.4 Å². The first-order valence-corrected chi connectivity index (χ1v) is 8.51. The fraction of sp³-hybridized carbons (Fsp3) is 0.474. The lowest BCUT2D eigenvalue weighted by molar-refractivity contribution is 0.377. The molecular formula is C19H24N4O. The summed E-state index contributed by atoms with van der Waals surface area (Å²) in [4.78, 5) is 11.7. The van der Waals surface area contributed by atoms with E-state index in [1.807, 2.05) is 34.9 Å². The average molecular weight is 326 g/mol. The van der Waals surface area contributed by atoms with Crippen LogP contribution in [0.15, 0.2) is 30.5 Å². The molecule has 1 aromatic carbocycles. The fourth-order valence-corrected chi connectivity index (χ4v) is 3.52. The van der Waals surface area contributed by atoms with E-state index < -0.39 is 6.37 Å². The van der Waals surface area contributed by atoms with Crippen LogP contribution >= 0.6 is 0 Å². The lowest BCUT2D eigenvalue weighted by atomic mass is 9.92. The van der Waals surface area contributed by atoms with E-state index >= 15 is 0 Å². The monoisotopic (exact) mass is 326 g/mol. The van der Waals surface area contributed by atoms with Crippen LogP contribution in [0.4, 0.5) is 5.82 Å². The predicted octanol–water partition coefficient (Wildman–Crippen LogP) is 3.91. The summed E-state index contributed by atoms with van der Waals surface area (Å²) in [5.41, 5.74) is 1.89. The van der Waals surface area contributed by atoms with E-state index in [0.29, 0.717) is 18.1 Å². The zero-order valence-corrected chi connectivity index (χ0v) is 14.2. The van der Waals surface area contributed by atoms with E-state index in [0.717, 1.165) is 48.5 Å². The zero-order chi connectivity index (χ0) is 18.3. The third-order valence-corrected chi connectivity index (χ3v) is 4.90. The normalized spacial score (nSPS) is 18.0. The van der Waals surface area contributed by atoms with Gasteiger partial charge in [0, 0.05) is 28.1 Å². The molecular weight excluding hydrogens is 300 g/mol. The first-order chi connectivity index (χ1) is 12.4. The van der Waals surface area contributed by atoms with Crippen molar-refractivity contribution in [1.29, 1.82) is 0 Å². The van der Waals surface area contributed by atoms with Crippen molar-refractivity contribution in [3.63, 3.8) is 0 Å². The highest BCUT2D eigenvalue weighted by molar-refractivity contribution is 5.81. The van der Waals surface area contributed by atoms with E-state index in [4.69, 9.17) is 12.5 Å². The van der Waals surface area contributed by atoms with Crippen LogP contribution in [-0.2, 0) is 0 Å². The maximum atomic E-state index is 7.78. The highest BCUT2D eigenvalue weighted by atomic mass is 16.5. The van der Waals surface area contributed by atoms with Crippen molar-refractivity contribution in [2.75, 3.05) is 25.1 Å². The fourth-order valence-electron chi connectivity index (χ4n) is 3.52. The molecule has 5 nitrogen and oxygen atoms in total. The van der Waals surface area contributed by atoms with Gasteiger partial charge in [0.2, 0.25) is 5.78 Å². The molecule has 0 unspecified atom stereocenters. The topological polar surface area (TPSA) is 42.7 Å². The second-order valence-corrected chi connectivity index (χ2v) is 6.41. The van der Waals surface area contributed by atoms with Crippen LogP contribution in [0.3, 0.4) is 0 Å². The van der Waals surface area contributed by atoms with Crippen LogP contribution in [0.5, 0.6) is 5.75 Å². The lowest BCUT2D eigenvalue weighted by Crippen LogP contribution is -2.34. The van der Waals surface area contributed by atoms with E-state index in [-0.39, 0.29) is 0 Å². The Kier molecular flexibility index (Phi) is 3.43. The summed E-state index contributed by atoms with van der Waals surface area (Å²) in [6.07, 6.45) is 3.59. The van der Waals surface area contributed by atoms with Crippen LogP contribution in [0.25, 0.3) is 16.8 Å². The second kappa shape index (κ2) is 6.30. The van der Waals surface area contributed by atoms with Gasteiger partial charge in [0.05, 0.1) is 18.1 Å². The van der Waals surface area contributed by atoms with Crippen molar-refractivity contribution in [2.45, 2.75) is 32.6 Å². The van der Waals surface area contributed by atoms with E-state index in [2.05, 4.69) is 9.88 Å². The number of piperidine rings is 1. The summed E-state index contributed by atoms with van der Waals surface area (Å²) >= 11 is 0. The number of aromatic nitrogens is 3. The Morgan fingerprint density at radius 2 is 2.08 bits per heavy atom. The summed E-state index contributed by atoms with van der Waals surface area (Å²) in [5, 5.41) is 0. The summed E-state index contributed by atoms with van der Waals surface area (Å²) in [6.45, 7) is 3.50. The number of fused-ring (bicyclic) bond motifs is 3. The quantitative estimate of drug-likeness (QED) is 0.729. The molecule has 126 valence electrons. The van der Waals surface area contributed by atoms with Crippen molar-refractivity contribution >= 4 is 22.6 Å². The van der Waals surface area contributed by atoms with Crippen LogP contribution in [0.2, 0.25) is 0 Å². The van der Waals surface area contributed by atoms with Gasteiger partial charge in [0.25, 0.3) is 0 Å². The summed E-state index contributed by atoms with van der Waals surface area (Å²) in [5.74, 6) is 2.90. The van der Waals surface area contributed by atoms with Gasteiger partial charge in [-0.25, -0.2) is 4.98 Å². The third-order valence-electron chi connectivity index (χ3n) is 4.90. The molecule has 1 saturated heterocycles. The van der Waals surface area contributed by atoms with Gasteiger partial charge in [0.15, 0.2) is 0 Å². The van der Waals surface area contributed by atoms with E-state index in [1.54, 1.807) is 14.0 Å². The van der Waals surface area contributed by atoms with Crippen molar-refractivity contribution in [3.8, 4) is 5.75 Å². The minimum Gasteiger partial charge on any atom is -0.497 e. The van der Waals surface area contributed by atoms with Gasteiger partial charge in [-0.05, 0) is 37.0 Å². The smallest absolute Gasteiger partial charge is 0.236 e. The van der Waals surface area contributed by atoms with E-state index in [1.165, 1.54) is 0 Å². The summed E-state index contributed by atoms with van der Waals surface area (Å²) in [6, 6.07) is 7.87. The number of anilines is 1. The summed E-state index contributed by atoms with van der Waals surface area (Å²) < 4.78 is 22.8. The number of imidazole rings is 1. The average Bonchev–Trinajstić information content (AvgIpc) is 2.97. The van der Waals surface area contributed by atoms with Gasteiger partial charge < -0.3 is 9.64 Å². The number of hydrogen-bond acceptors (Lipinski definition) is 4. The van der Waals surface area contributed by atoms with Gasteiger partial charge in [-0.15, -0.1) is 0 Å². The summed E-state index contributed by atoms with van der Waals surface area (Å²) in [7, 11) is 1.66. The third kappa shape index (κ3) is 2.68. The maximum Gasteiger partial charge on any atom is 0.236 e. The molecule has 24 heavy (non-hydrogen) atoms. The number of methoxy groups -OCH3 is 1. The molecule has 1 aliphatic heterocycles. The van der Waals surface area contributed by atoms with Gasteiger partial charge in [-0.3, -0.25) is 4.40 Å². The highest BCUT2D eigenvalue weighted by Gasteiger charge is 2.20. The number of benzene rings is 1. The molecule has 2 aromatic heterocycles. The van der Waals surface area contributed by atoms with E-state index in [9.17, 15) is 0 Å². The highest BCUT2D eigenvalue weighted by Crippen LogP contribution is 2.26. The van der Waals surface area contributed by atoms with Gasteiger partial charge in [-0.1, -0.05) is 19.7 Å². The second-order valence-electron chi connectivity index (χ2n) is 6.41. The molecule has 5 heteroatoms. The molecule has 0 bridgehead atoms. The molecule has 3 aromatic rings. The van der Waals surface area contributed by atoms with Crippen LogP contribution in [0.1, 0.15) is 35.3 Å². The van der Waals surface area contributed by atoms with Crippen molar-refractivity contribution in [2.24, 2.45) is 5.92 Å². The standard InChI is InChI=1S/C19H24N4O/c1-3-4-14-7-10-22(11-8-14)18-9-12-23-17-13-15(24-2)5-6-16(17)20-19(23)21-18/h5-6,9,12-14H,3-4,7-8,10-11H2,1-2H3/i3D2. The minimum absolute atomic E-state index is 0.455. The first-order valence-electron chi connectivity index (χ1n) is 9.51. The maximum absolute atomic E-state index is 7.78. The van der Waals surface area contributed by atoms with Crippen LogP contribution in [-0.4, -0.2) is 34.6 Å². The van der Waals surface area contributed by atoms with Crippen LogP contribution < -0.4 is 9.64 Å². The number of nitrogens with zero attached hydrogens (tertiary/aromatic N) is 4. The molecule has 0 amide bonds. The van der Waals surface area contributed by atoms with Gasteiger partial charge in [0.1, 0.15) is 11.6 Å². The molecule has 0 atom stereocenters. The molecule has 0 aliphatic carbocycles. The molecule has 0 radical (unpaired) electrons. The Hall–Kier alpha value is -2.30. The van der Waals surface area contributed by atoms with Crippen LogP contribution in [0, 0.1) is 5.92 Å². The Morgan fingerprint density at radius 3 is 2.83 bits per heavy atom. The SMILES string of the molecule is [2H]C([2H])(C)CC1CCN(c2ccn3c(n2)nc2ccc(OC)cc23)CC1. The molecule has 0 saturated carbocycles. The zero-order valence-electron chi connectivity index (χ0n) is 16.2. The number of ether oxygens (including phenoxy) is 1. The van der Waals surface area contributed by atoms with Gasteiger partial charge >= 0.3 is 0 Å². The molecule has 0 spiro atoms. The Balaban J connectivity index is 1.56. The lowest BCUT2D eigenvalue weighted by Gasteiger charge is -2.32. The molecule has 1 aliphatic rings. The number of rotatable bonds is 4. The van der Waals surface area contributed by atoms with Gasteiger partial charge in [-0.2, -0.15) is 4.98 Å². The number of hydrogen-bond donors (Lipinski definition) is 0. The largest absolute Gasteiger partial charge is 0.497 e. The first kappa shape index (κ1) is 13.0. The van der Waals surface area contributed by atoms with Crippen molar-refractivity contribution < 1.29 is 7.48 Å². The Labute approximate surface area is 145 Å². The minimum atomic E-state index is -1.08. The molecule has 3 heterocycles. The van der Waals surface area contributed by atoms with Crippen molar-refractivity contribution in [3.05, 3.63) is 30.5 Å². The molecule has 0 N–H and O–H groups in total. The molecule has 4 rings (SSSR count). The Bertz CT molecular complexity index is 926. The predicted molar refractivity (Wildman–Crippen MR) is 96.9 cm³/mol.